The van der Waals surface area contributed by atoms with Gasteiger partial charge in [-0.25, -0.2) is 9.78 Å². The van der Waals surface area contributed by atoms with Crippen LogP contribution in [0.5, 0.6) is 11.6 Å². The van der Waals surface area contributed by atoms with Gasteiger partial charge in [-0.2, -0.15) is 9.78 Å². The minimum atomic E-state index is -1.10. The number of aromatic carboxylic acids is 1. The summed E-state index contributed by atoms with van der Waals surface area (Å²) in [5.74, 6) is 0.268. The second-order valence-corrected chi connectivity index (χ2v) is 8.66. The summed E-state index contributed by atoms with van der Waals surface area (Å²) in [4.78, 5) is 16.4. The minimum Gasteiger partial charge on any atom is -0.488 e. The first kappa shape index (κ1) is 23.6. The van der Waals surface area contributed by atoms with E-state index >= 15 is 0 Å². The van der Waals surface area contributed by atoms with Crippen LogP contribution in [0.25, 0.3) is 17.1 Å². The third-order valence-electron chi connectivity index (χ3n) is 6.22. The Morgan fingerprint density at radius 1 is 1.11 bits per heavy atom. The van der Waals surface area contributed by atoms with Crippen molar-refractivity contribution in [3.63, 3.8) is 0 Å². The van der Waals surface area contributed by atoms with Crippen molar-refractivity contribution in [1.82, 2.24) is 20.1 Å². The largest absolute Gasteiger partial charge is 0.488 e. The smallest absolute Gasteiger partial charge is 0.342 e. The fraction of sp³-hybridized carbons (Fsp3) is 0.250. The van der Waals surface area contributed by atoms with E-state index in [-0.39, 0.29) is 11.4 Å². The average Bonchev–Trinajstić information content (AvgIpc) is 3.32. The molecule has 0 spiro atoms. The van der Waals surface area contributed by atoms with Crippen molar-refractivity contribution < 1.29 is 19.4 Å². The fourth-order valence-electron chi connectivity index (χ4n) is 4.44. The molecule has 2 N–H and O–H groups in total. The van der Waals surface area contributed by atoms with Gasteiger partial charge in [0, 0.05) is 12.1 Å². The molecule has 5 rings (SSSR count). The molecule has 184 valence electrons. The number of aromatic nitrogens is 3. The van der Waals surface area contributed by atoms with Crippen LogP contribution in [0, 0.1) is 6.92 Å². The molecule has 0 radical (unpaired) electrons. The van der Waals surface area contributed by atoms with Crippen molar-refractivity contribution in [2.45, 2.75) is 33.4 Å². The zero-order valence-corrected chi connectivity index (χ0v) is 20.3. The molecule has 8 heteroatoms. The Morgan fingerprint density at radius 2 is 1.97 bits per heavy atom. The molecule has 36 heavy (non-hydrogen) atoms. The van der Waals surface area contributed by atoms with Crippen LogP contribution in [-0.4, -0.2) is 39.0 Å². The fourth-order valence-corrected chi connectivity index (χ4v) is 4.44. The molecule has 0 saturated heterocycles. The van der Waals surface area contributed by atoms with Gasteiger partial charge in [0.2, 0.25) is 5.88 Å². The van der Waals surface area contributed by atoms with E-state index in [9.17, 15) is 9.90 Å². The van der Waals surface area contributed by atoms with Crippen LogP contribution in [0.1, 0.15) is 39.5 Å². The Bertz CT molecular complexity index is 1410. The maximum Gasteiger partial charge on any atom is 0.342 e. The first-order valence-corrected chi connectivity index (χ1v) is 12.0. The van der Waals surface area contributed by atoms with Crippen molar-refractivity contribution in [2.75, 3.05) is 13.2 Å². The molecule has 0 fully saturated rings. The van der Waals surface area contributed by atoms with Gasteiger partial charge in [0.15, 0.2) is 5.82 Å². The van der Waals surface area contributed by atoms with Crippen LogP contribution in [0.4, 0.5) is 0 Å². The predicted octanol–water partition coefficient (Wildman–Crippen LogP) is 4.56. The number of rotatable bonds is 8. The van der Waals surface area contributed by atoms with Crippen LogP contribution in [0.2, 0.25) is 0 Å². The Labute approximate surface area is 209 Å². The SMILES string of the molecule is CCOc1c(C(=O)O)cnn1-c1cccc(-c2cccc(C)c2OCc2ccc3c(c2)CCNC3)n1. The minimum absolute atomic E-state index is 0.00976. The van der Waals surface area contributed by atoms with Crippen molar-refractivity contribution in [3.8, 4) is 28.7 Å². The molecule has 2 aromatic carbocycles. The van der Waals surface area contributed by atoms with E-state index < -0.39 is 5.97 Å². The molecule has 2 aromatic heterocycles. The lowest BCUT2D eigenvalue weighted by atomic mass is 9.99. The number of carboxylic acids is 1. The number of carboxylic acid groups (broad SMARTS) is 1. The van der Waals surface area contributed by atoms with E-state index in [1.807, 2.05) is 37.3 Å². The highest BCUT2D eigenvalue weighted by atomic mass is 16.5. The number of fused-ring (bicyclic) bond motifs is 1. The summed E-state index contributed by atoms with van der Waals surface area (Å²) in [6, 6.07) is 18.0. The number of carbonyl (C=O) groups is 1. The number of ether oxygens (including phenoxy) is 2. The van der Waals surface area contributed by atoms with E-state index in [0.29, 0.717) is 24.7 Å². The number of hydrogen-bond acceptors (Lipinski definition) is 6. The summed E-state index contributed by atoms with van der Waals surface area (Å²) < 4.78 is 13.4. The van der Waals surface area contributed by atoms with Gasteiger partial charge in [0.1, 0.15) is 17.9 Å². The normalized spacial score (nSPS) is 12.7. The molecular weight excluding hydrogens is 456 g/mol. The highest BCUT2D eigenvalue weighted by molar-refractivity contribution is 5.90. The van der Waals surface area contributed by atoms with E-state index in [2.05, 4.69) is 28.6 Å². The third kappa shape index (κ3) is 4.67. The van der Waals surface area contributed by atoms with Gasteiger partial charge in [-0.3, -0.25) is 0 Å². The number of nitrogens with one attached hydrogen (secondary N) is 1. The van der Waals surface area contributed by atoms with Crippen LogP contribution < -0.4 is 14.8 Å². The van der Waals surface area contributed by atoms with Crippen LogP contribution in [0.15, 0.2) is 60.8 Å². The standard InChI is InChI=1S/C28H28N4O4/c1-3-35-27-23(28(33)34)16-30-32(27)25-9-5-8-24(31-25)22-7-4-6-18(2)26(22)36-17-19-10-11-21-15-29-13-12-20(21)14-19/h4-11,14,16,29H,3,12-13,15,17H2,1-2H3,(H,33,34). The monoisotopic (exact) mass is 484 g/mol. The third-order valence-corrected chi connectivity index (χ3v) is 6.22. The van der Waals surface area contributed by atoms with E-state index in [1.54, 1.807) is 13.0 Å². The lowest BCUT2D eigenvalue weighted by Crippen LogP contribution is -2.23. The quantitative estimate of drug-likeness (QED) is 0.378. The van der Waals surface area contributed by atoms with Gasteiger partial charge >= 0.3 is 5.97 Å². The zero-order valence-electron chi connectivity index (χ0n) is 20.3. The first-order valence-electron chi connectivity index (χ1n) is 12.0. The molecule has 4 aromatic rings. The second kappa shape index (κ2) is 10.2. The van der Waals surface area contributed by atoms with Crippen molar-refractivity contribution in [3.05, 3.63) is 88.6 Å². The van der Waals surface area contributed by atoms with Gasteiger partial charge in [-0.05, 0) is 67.3 Å². The summed E-state index contributed by atoms with van der Waals surface area (Å²) in [6.07, 6.45) is 2.30. The molecule has 0 aliphatic carbocycles. The molecule has 8 nitrogen and oxygen atoms in total. The number of hydrogen-bond donors (Lipinski definition) is 2. The topological polar surface area (TPSA) is 98.5 Å². The summed E-state index contributed by atoms with van der Waals surface area (Å²) in [6.45, 7) is 6.48. The lowest BCUT2D eigenvalue weighted by Gasteiger charge is -2.19. The van der Waals surface area contributed by atoms with Gasteiger partial charge in [0.05, 0.1) is 18.5 Å². The van der Waals surface area contributed by atoms with E-state index in [1.165, 1.54) is 22.0 Å². The summed E-state index contributed by atoms with van der Waals surface area (Å²) in [5, 5.41) is 17.1. The first-order chi connectivity index (χ1) is 17.5. The molecule has 1 aliphatic heterocycles. The summed E-state index contributed by atoms with van der Waals surface area (Å²) >= 11 is 0. The Kier molecular flexibility index (Phi) is 6.69. The number of para-hydroxylation sites is 1. The summed E-state index contributed by atoms with van der Waals surface area (Å²) in [7, 11) is 0. The molecule has 0 amide bonds. The van der Waals surface area contributed by atoms with Crippen molar-refractivity contribution >= 4 is 5.97 Å². The van der Waals surface area contributed by atoms with Gasteiger partial charge in [-0.15, -0.1) is 0 Å². The summed E-state index contributed by atoms with van der Waals surface area (Å²) in [5.41, 5.74) is 6.39. The lowest BCUT2D eigenvalue weighted by molar-refractivity contribution is 0.0692. The Morgan fingerprint density at radius 3 is 2.81 bits per heavy atom. The molecule has 0 atom stereocenters. The van der Waals surface area contributed by atoms with Gasteiger partial charge < -0.3 is 19.9 Å². The molecule has 1 aliphatic rings. The number of benzene rings is 2. The molecule has 0 bridgehead atoms. The van der Waals surface area contributed by atoms with E-state index in [4.69, 9.17) is 14.5 Å². The van der Waals surface area contributed by atoms with Gasteiger partial charge in [0.25, 0.3) is 0 Å². The van der Waals surface area contributed by atoms with Gasteiger partial charge in [-0.1, -0.05) is 36.4 Å². The average molecular weight is 485 g/mol. The van der Waals surface area contributed by atoms with Crippen LogP contribution in [-0.2, 0) is 19.6 Å². The highest BCUT2D eigenvalue weighted by Gasteiger charge is 2.21. The Hall–Kier alpha value is -4.17. The second-order valence-electron chi connectivity index (χ2n) is 8.66. The molecule has 0 saturated carbocycles. The maximum absolute atomic E-state index is 11.6. The molecule has 3 heterocycles. The number of nitrogens with zero attached hydrogens (tertiary/aromatic N) is 3. The maximum atomic E-state index is 11.6. The van der Waals surface area contributed by atoms with Crippen molar-refractivity contribution in [2.24, 2.45) is 0 Å². The number of pyridine rings is 1. The van der Waals surface area contributed by atoms with E-state index in [0.717, 1.165) is 42.0 Å². The van der Waals surface area contributed by atoms with Crippen molar-refractivity contribution in [1.29, 1.82) is 0 Å². The number of aryl methyl sites for hydroxylation is 1. The molecule has 0 unspecified atom stereocenters. The van der Waals surface area contributed by atoms with Crippen LogP contribution in [0.3, 0.4) is 0 Å². The highest BCUT2D eigenvalue weighted by Crippen LogP contribution is 2.33. The Balaban J connectivity index is 1.46. The van der Waals surface area contributed by atoms with Crippen LogP contribution >= 0.6 is 0 Å². The molecular formula is C28H28N4O4. The zero-order chi connectivity index (χ0) is 25.1. The predicted molar refractivity (Wildman–Crippen MR) is 136 cm³/mol.